The molecule has 1 fully saturated rings. The number of rotatable bonds is 3. The van der Waals surface area contributed by atoms with E-state index < -0.39 is 6.10 Å². The molecule has 0 aliphatic heterocycles. The van der Waals surface area contributed by atoms with Crippen LogP contribution in [0.3, 0.4) is 0 Å². The number of aromatic hydroxyl groups is 1. The predicted molar refractivity (Wildman–Crippen MR) is 78.6 cm³/mol. The monoisotopic (exact) mass is 263 g/mol. The van der Waals surface area contributed by atoms with Crippen molar-refractivity contribution in [1.82, 2.24) is 0 Å². The van der Waals surface area contributed by atoms with Gasteiger partial charge in [-0.05, 0) is 44.6 Å². The van der Waals surface area contributed by atoms with Gasteiger partial charge in [-0.3, -0.25) is 0 Å². The molecule has 3 nitrogen and oxygen atoms in total. The Morgan fingerprint density at radius 3 is 2.37 bits per heavy atom. The lowest BCUT2D eigenvalue weighted by Gasteiger charge is -2.35. The maximum atomic E-state index is 9.96. The summed E-state index contributed by atoms with van der Waals surface area (Å²) in [5.41, 5.74) is 1.62. The normalized spacial score (nSPS) is 25.1. The number of hydrogen-bond donors (Lipinski definition) is 2. The molecule has 0 amide bonds. The molecule has 0 heterocycles. The number of aliphatic hydroxyl groups excluding tert-OH is 1. The molecule has 1 unspecified atom stereocenters. The van der Waals surface area contributed by atoms with Crippen molar-refractivity contribution in [2.75, 3.05) is 11.9 Å². The average molecular weight is 263 g/mol. The van der Waals surface area contributed by atoms with E-state index in [2.05, 4.69) is 18.9 Å². The van der Waals surface area contributed by atoms with E-state index in [0.717, 1.165) is 11.6 Å². The molecular weight excluding hydrogens is 238 g/mol. The van der Waals surface area contributed by atoms with Crippen molar-refractivity contribution >= 4 is 5.69 Å². The highest BCUT2D eigenvalue weighted by atomic mass is 16.3. The molecular formula is C16H25NO2. The molecule has 3 heteroatoms. The van der Waals surface area contributed by atoms with Crippen LogP contribution in [-0.4, -0.2) is 23.3 Å². The molecule has 2 N–H and O–H groups in total. The fourth-order valence-electron chi connectivity index (χ4n) is 2.95. The summed E-state index contributed by atoms with van der Waals surface area (Å²) in [7, 11) is 2.09. The van der Waals surface area contributed by atoms with E-state index in [9.17, 15) is 10.2 Å². The second-order valence-corrected chi connectivity index (χ2v) is 5.94. The van der Waals surface area contributed by atoms with Crippen molar-refractivity contribution in [2.24, 2.45) is 5.92 Å². The summed E-state index contributed by atoms with van der Waals surface area (Å²) in [6.45, 7) is 3.99. The standard InChI is InChI=1S/C16H25NO2/c1-11-4-6-13(7-5-11)17(3)14-8-9-15(12(2)18)16(19)10-14/h8-13,18-19H,4-7H2,1-3H3. The maximum Gasteiger partial charge on any atom is 0.123 e. The number of benzene rings is 1. The largest absolute Gasteiger partial charge is 0.507 e. The number of phenolic OH excluding ortho intramolecular Hbond substituents is 1. The minimum absolute atomic E-state index is 0.184. The number of anilines is 1. The summed E-state index contributed by atoms with van der Waals surface area (Å²) < 4.78 is 0. The summed E-state index contributed by atoms with van der Waals surface area (Å²) in [6.07, 6.45) is 4.38. The Bertz CT molecular complexity index is 423. The van der Waals surface area contributed by atoms with Gasteiger partial charge in [0.05, 0.1) is 6.10 Å². The highest BCUT2D eigenvalue weighted by Gasteiger charge is 2.22. The van der Waals surface area contributed by atoms with Crippen LogP contribution in [-0.2, 0) is 0 Å². The maximum absolute atomic E-state index is 9.96. The topological polar surface area (TPSA) is 43.7 Å². The minimum atomic E-state index is -0.630. The van der Waals surface area contributed by atoms with Gasteiger partial charge in [0, 0.05) is 30.4 Å². The van der Waals surface area contributed by atoms with Crippen LogP contribution in [0.25, 0.3) is 0 Å². The van der Waals surface area contributed by atoms with E-state index in [1.54, 1.807) is 13.0 Å². The van der Waals surface area contributed by atoms with Crippen LogP contribution in [0.15, 0.2) is 18.2 Å². The lowest BCUT2D eigenvalue weighted by Crippen LogP contribution is -2.34. The zero-order valence-electron chi connectivity index (χ0n) is 12.1. The molecule has 1 aromatic rings. The van der Waals surface area contributed by atoms with Crippen LogP contribution in [0, 0.1) is 5.92 Å². The number of hydrogen-bond acceptors (Lipinski definition) is 3. The van der Waals surface area contributed by atoms with Crippen molar-refractivity contribution in [1.29, 1.82) is 0 Å². The Kier molecular flexibility index (Phi) is 4.35. The van der Waals surface area contributed by atoms with Gasteiger partial charge in [0.1, 0.15) is 5.75 Å². The molecule has 0 spiro atoms. The number of phenols is 1. The van der Waals surface area contributed by atoms with Crippen molar-refractivity contribution in [3.63, 3.8) is 0 Å². The Labute approximate surface area is 115 Å². The van der Waals surface area contributed by atoms with Crippen LogP contribution >= 0.6 is 0 Å². The summed E-state index contributed by atoms with van der Waals surface area (Å²) in [5, 5.41) is 19.5. The van der Waals surface area contributed by atoms with E-state index in [4.69, 9.17) is 0 Å². The molecule has 106 valence electrons. The van der Waals surface area contributed by atoms with E-state index in [-0.39, 0.29) is 5.75 Å². The van der Waals surface area contributed by atoms with E-state index in [0.29, 0.717) is 11.6 Å². The van der Waals surface area contributed by atoms with Crippen LogP contribution < -0.4 is 4.90 Å². The molecule has 2 rings (SSSR count). The second-order valence-electron chi connectivity index (χ2n) is 5.94. The van der Waals surface area contributed by atoms with Crippen molar-refractivity contribution < 1.29 is 10.2 Å². The van der Waals surface area contributed by atoms with Gasteiger partial charge in [-0.25, -0.2) is 0 Å². The SMILES string of the molecule is CC1CCC(N(C)c2ccc(C(C)O)c(O)c2)CC1. The first-order chi connectivity index (χ1) is 8.99. The minimum Gasteiger partial charge on any atom is -0.507 e. The van der Waals surface area contributed by atoms with Gasteiger partial charge in [-0.15, -0.1) is 0 Å². The molecule has 0 saturated heterocycles. The second kappa shape index (κ2) is 5.83. The summed E-state index contributed by atoms with van der Waals surface area (Å²) >= 11 is 0. The average Bonchev–Trinajstić information content (AvgIpc) is 2.38. The lowest BCUT2D eigenvalue weighted by molar-refractivity contribution is 0.195. The molecule has 1 atom stereocenters. The van der Waals surface area contributed by atoms with E-state index >= 15 is 0 Å². The molecule has 0 radical (unpaired) electrons. The molecule has 19 heavy (non-hydrogen) atoms. The first kappa shape index (κ1) is 14.2. The summed E-state index contributed by atoms with van der Waals surface area (Å²) in [6, 6.07) is 6.13. The zero-order chi connectivity index (χ0) is 14.0. The predicted octanol–water partition coefficient (Wildman–Crippen LogP) is 3.46. The smallest absolute Gasteiger partial charge is 0.123 e. The van der Waals surface area contributed by atoms with Gasteiger partial charge in [0.25, 0.3) is 0 Å². The lowest BCUT2D eigenvalue weighted by atomic mass is 9.86. The number of aliphatic hydroxyl groups is 1. The molecule has 1 aromatic carbocycles. The fourth-order valence-corrected chi connectivity index (χ4v) is 2.95. The van der Waals surface area contributed by atoms with Crippen molar-refractivity contribution in [3.8, 4) is 5.75 Å². The molecule has 1 saturated carbocycles. The van der Waals surface area contributed by atoms with Crippen LogP contribution in [0.4, 0.5) is 5.69 Å². The van der Waals surface area contributed by atoms with Gasteiger partial charge >= 0.3 is 0 Å². The van der Waals surface area contributed by atoms with Gasteiger partial charge in [0.2, 0.25) is 0 Å². The molecule has 1 aliphatic carbocycles. The molecule has 0 aromatic heterocycles. The highest BCUT2D eigenvalue weighted by Crippen LogP contribution is 2.33. The van der Waals surface area contributed by atoms with E-state index in [1.807, 2.05) is 12.1 Å². The Morgan fingerprint density at radius 1 is 1.21 bits per heavy atom. The third kappa shape index (κ3) is 3.21. The van der Waals surface area contributed by atoms with Crippen molar-refractivity contribution in [3.05, 3.63) is 23.8 Å². The van der Waals surface area contributed by atoms with Crippen LogP contribution in [0.1, 0.15) is 51.2 Å². The molecule has 1 aliphatic rings. The summed E-state index contributed by atoms with van der Waals surface area (Å²) in [5.74, 6) is 1.03. The summed E-state index contributed by atoms with van der Waals surface area (Å²) in [4.78, 5) is 2.26. The first-order valence-corrected chi connectivity index (χ1v) is 7.23. The molecule has 0 bridgehead atoms. The Hall–Kier alpha value is -1.22. The van der Waals surface area contributed by atoms with Crippen molar-refractivity contribution in [2.45, 2.75) is 51.7 Å². The third-order valence-corrected chi connectivity index (χ3v) is 4.40. The van der Waals surface area contributed by atoms with Crippen LogP contribution in [0.2, 0.25) is 0 Å². The Morgan fingerprint density at radius 2 is 1.84 bits per heavy atom. The quantitative estimate of drug-likeness (QED) is 0.877. The third-order valence-electron chi connectivity index (χ3n) is 4.40. The van der Waals surface area contributed by atoms with Gasteiger partial charge in [-0.1, -0.05) is 13.0 Å². The zero-order valence-corrected chi connectivity index (χ0v) is 12.1. The Balaban J connectivity index is 2.11. The van der Waals surface area contributed by atoms with Gasteiger partial charge in [0.15, 0.2) is 0 Å². The van der Waals surface area contributed by atoms with E-state index in [1.165, 1.54) is 25.7 Å². The first-order valence-electron chi connectivity index (χ1n) is 7.23. The van der Waals surface area contributed by atoms with Gasteiger partial charge < -0.3 is 15.1 Å². The van der Waals surface area contributed by atoms with Gasteiger partial charge in [-0.2, -0.15) is 0 Å². The number of nitrogens with zero attached hydrogens (tertiary/aromatic N) is 1. The fraction of sp³-hybridized carbons (Fsp3) is 0.625. The highest BCUT2D eigenvalue weighted by molar-refractivity contribution is 5.54. The van der Waals surface area contributed by atoms with Crippen LogP contribution in [0.5, 0.6) is 5.75 Å².